The van der Waals surface area contributed by atoms with Crippen molar-refractivity contribution in [1.29, 1.82) is 0 Å². The fraction of sp³-hybridized carbons (Fsp3) is 0.348. The summed E-state index contributed by atoms with van der Waals surface area (Å²) < 4.78 is 0. The first-order valence-corrected chi connectivity index (χ1v) is 10.6. The van der Waals surface area contributed by atoms with Gasteiger partial charge in [0.05, 0.1) is 17.4 Å². The second-order valence-corrected chi connectivity index (χ2v) is 9.20. The lowest BCUT2D eigenvalue weighted by molar-refractivity contribution is -0.146. The van der Waals surface area contributed by atoms with Gasteiger partial charge < -0.3 is 16.2 Å². The van der Waals surface area contributed by atoms with E-state index in [4.69, 9.17) is 5.73 Å². The number of primary amides is 1. The number of thiophene rings is 1. The molecule has 2 amide bonds. The van der Waals surface area contributed by atoms with Crippen LogP contribution in [0.4, 0.5) is 5.00 Å². The molecule has 4 N–H and O–H groups in total. The van der Waals surface area contributed by atoms with Gasteiger partial charge in [-0.1, -0.05) is 41.0 Å². The molecule has 2 aromatic rings. The minimum absolute atomic E-state index is 0.265. The number of aryl methyl sites for hydroxylation is 2. The molecule has 0 saturated heterocycles. The molecule has 30 heavy (non-hydrogen) atoms. The van der Waals surface area contributed by atoms with E-state index in [2.05, 4.69) is 5.32 Å². The Morgan fingerprint density at radius 2 is 1.57 bits per heavy atom. The van der Waals surface area contributed by atoms with E-state index < -0.39 is 29.6 Å². The van der Waals surface area contributed by atoms with Crippen molar-refractivity contribution in [3.8, 4) is 11.1 Å². The van der Waals surface area contributed by atoms with E-state index in [-0.39, 0.29) is 5.56 Å². The van der Waals surface area contributed by atoms with E-state index in [1.807, 2.05) is 52.0 Å². The Hall–Kier alpha value is -2.93. The average Bonchev–Trinajstić information content (AvgIpc) is 2.99. The number of aliphatic carboxylic acids is 1. The van der Waals surface area contributed by atoms with Crippen LogP contribution in [0.5, 0.6) is 0 Å². The quantitative estimate of drug-likeness (QED) is 0.611. The van der Waals surface area contributed by atoms with Crippen molar-refractivity contribution in [1.82, 2.24) is 0 Å². The number of nitrogens with two attached hydrogens (primary N) is 1. The highest BCUT2D eigenvalue weighted by Gasteiger charge is 2.38. The molecule has 7 heteroatoms. The minimum Gasteiger partial charge on any atom is -0.481 e. The minimum atomic E-state index is -0.986. The number of hydrogen-bond donors (Lipinski definition) is 3. The van der Waals surface area contributed by atoms with Gasteiger partial charge in [0, 0.05) is 10.4 Å². The van der Waals surface area contributed by atoms with Gasteiger partial charge in [0.25, 0.3) is 5.91 Å². The predicted molar refractivity (Wildman–Crippen MR) is 119 cm³/mol. The van der Waals surface area contributed by atoms with Gasteiger partial charge in [0.1, 0.15) is 5.00 Å². The van der Waals surface area contributed by atoms with E-state index in [9.17, 15) is 19.5 Å². The van der Waals surface area contributed by atoms with Crippen LogP contribution in [0.15, 0.2) is 35.4 Å². The van der Waals surface area contributed by atoms with Gasteiger partial charge in [-0.15, -0.1) is 11.3 Å². The Bertz CT molecular complexity index is 1050. The van der Waals surface area contributed by atoms with Gasteiger partial charge >= 0.3 is 5.97 Å². The van der Waals surface area contributed by atoms with Gasteiger partial charge in [-0.3, -0.25) is 14.4 Å². The number of hydrogen-bond acceptors (Lipinski definition) is 4. The van der Waals surface area contributed by atoms with Crippen LogP contribution in [0, 0.1) is 25.7 Å². The molecule has 1 aliphatic carbocycles. The molecule has 6 nitrogen and oxygen atoms in total. The van der Waals surface area contributed by atoms with Gasteiger partial charge in [0.15, 0.2) is 0 Å². The maximum Gasteiger partial charge on any atom is 0.307 e. The summed E-state index contributed by atoms with van der Waals surface area (Å²) in [5.41, 5.74) is 10.6. The summed E-state index contributed by atoms with van der Waals surface area (Å²) in [5, 5.41) is 12.8. The standard InChI is InChI=1S/C23H26N2O4S/c1-11-5-7-15(8-6-11)18-14(4)30-22(19(18)20(24)26)25-21(27)16-9-12(2)13(3)10-17(16)23(28)29/h5-8,16-17H,9-10H2,1-4H3,(H2,24,26)(H,25,27)(H,28,29)/t16-,17+/m1/s1. The molecule has 0 spiro atoms. The maximum absolute atomic E-state index is 13.1. The molecule has 1 heterocycles. The average molecular weight is 427 g/mol. The number of amides is 2. The number of anilines is 1. The number of carboxylic acids is 1. The Morgan fingerprint density at radius 3 is 2.10 bits per heavy atom. The lowest BCUT2D eigenvalue weighted by atomic mass is 9.76. The Morgan fingerprint density at radius 1 is 1.00 bits per heavy atom. The SMILES string of the molecule is CC1=C(C)C[C@@H](C(=O)Nc2sc(C)c(-c3ccc(C)cc3)c2C(N)=O)[C@@H](C(=O)O)C1. The Balaban J connectivity index is 1.97. The van der Waals surface area contributed by atoms with Crippen molar-refractivity contribution >= 4 is 34.1 Å². The molecule has 1 aliphatic rings. The number of carbonyl (C=O) groups is 3. The summed E-state index contributed by atoms with van der Waals surface area (Å²) >= 11 is 1.28. The largest absolute Gasteiger partial charge is 0.481 e. The van der Waals surface area contributed by atoms with E-state index >= 15 is 0 Å². The molecule has 0 radical (unpaired) electrons. The van der Waals surface area contributed by atoms with Crippen LogP contribution >= 0.6 is 11.3 Å². The smallest absolute Gasteiger partial charge is 0.307 e. The summed E-state index contributed by atoms with van der Waals surface area (Å²) in [5.74, 6) is -3.50. The van der Waals surface area contributed by atoms with Crippen molar-refractivity contribution in [2.45, 2.75) is 40.5 Å². The fourth-order valence-corrected chi connectivity index (χ4v) is 5.05. The van der Waals surface area contributed by atoms with Gasteiger partial charge in [-0.2, -0.15) is 0 Å². The number of nitrogens with one attached hydrogen (secondary N) is 1. The number of benzene rings is 1. The van der Waals surface area contributed by atoms with Crippen molar-refractivity contribution in [2.24, 2.45) is 17.6 Å². The zero-order valence-corrected chi connectivity index (χ0v) is 18.4. The number of rotatable bonds is 5. The third kappa shape index (κ3) is 4.16. The van der Waals surface area contributed by atoms with Crippen LogP contribution in [0.25, 0.3) is 11.1 Å². The lowest BCUT2D eigenvalue weighted by Crippen LogP contribution is -2.36. The normalized spacial score (nSPS) is 18.9. The second kappa shape index (κ2) is 8.44. The molecule has 0 saturated carbocycles. The number of carboxylic acid groups (broad SMARTS) is 1. The molecule has 0 bridgehead atoms. The van der Waals surface area contributed by atoms with E-state index in [0.717, 1.165) is 27.2 Å². The summed E-state index contributed by atoms with van der Waals surface area (Å²) in [6.07, 6.45) is 0.732. The van der Waals surface area contributed by atoms with Crippen LogP contribution < -0.4 is 11.1 Å². The second-order valence-electron chi connectivity index (χ2n) is 7.98. The number of carbonyl (C=O) groups excluding carboxylic acids is 2. The molecule has 3 rings (SSSR count). The monoisotopic (exact) mass is 426 g/mol. The van der Waals surface area contributed by atoms with Gasteiger partial charge in [0.2, 0.25) is 5.91 Å². The molecule has 0 aliphatic heterocycles. The Kier molecular flexibility index (Phi) is 6.12. The Labute approximate surface area is 179 Å². The topological polar surface area (TPSA) is 109 Å². The molecule has 158 valence electrons. The first-order valence-electron chi connectivity index (χ1n) is 9.79. The van der Waals surface area contributed by atoms with E-state index in [1.54, 1.807) is 0 Å². The van der Waals surface area contributed by atoms with Gasteiger partial charge in [-0.25, -0.2) is 0 Å². The first kappa shape index (κ1) is 21.8. The predicted octanol–water partition coefficient (Wildman–Crippen LogP) is 4.52. The molecular weight excluding hydrogens is 400 g/mol. The molecule has 1 aromatic heterocycles. The van der Waals surface area contributed by atoms with Crippen molar-refractivity contribution in [3.05, 3.63) is 51.4 Å². The fourth-order valence-electron chi connectivity index (χ4n) is 3.97. The summed E-state index contributed by atoms with van der Waals surface area (Å²) in [6, 6.07) is 7.74. The van der Waals surface area contributed by atoms with Gasteiger partial charge in [-0.05, 0) is 46.1 Å². The molecule has 0 unspecified atom stereocenters. The van der Waals surface area contributed by atoms with Crippen LogP contribution in [0.1, 0.15) is 47.5 Å². The zero-order valence-electron chi connectivity index (χ0n) is 17.5. The van der Waals surface area contributed by atoms with Crippen LogP contribution in [0.3, 0.4) is 0 Å². The van der Waals surface area contributed by atoms with E-state index in [0.29, 0.717) is 23.4 Å². The third-order valence-corrected chi connectivity index (χ3v) is 6.85. The van der Waals surface area contributed by atoms with Crippen molar-refractivity contribution in [2.75, 3.05) is 5.32 Å². The summed E-state index contributed by atoms with van der Waals surface area (Å²) in [6.45, 7) is 7.68. The molecule has 2 atom stereocenters. The molecule has 0 fully saturated rings. The molecule has 1 aromatic carbocycles. The maximum atomic E-state index is 13.1. The highest BCUT2D eigenvalue weighted by atomic mass is 32.1. The van der Waals surface area contributed by atoms with Crippen LogP contribution in [0.2, 0.25) is 0 Å². The van der Waals surface area contributed by atoms with Crippen LogP contribution in [-0.4, -0.2) is 22.9 Å². The zero-order chi connectivity index (χ0) is 22.2. The van der Waals surface area contributed by atoms with Crippen molar-refractivity contribution < 1.29 is 19.5 Å². The number of allylic oxidation sites excluding steroid dienone is 2. The van der Waals surface area contributed by atoms with Crippen LogP contribution in [-0.2, 0) is 9.59 Å². The summed E-state index contributed by atoms with van der Waals surface area (Å²) in [7, 11) is 0. The van der Waals surface area contributed by atoms with E-state index in [1.165, 1.54) is 11.3 Å². The van der Waals surface area contributed by atoms with Crippen molar-refractivity contribution in [3.63, 3.8) is 0 Å². The lowest BCUT2D eigenvalue weighted by Gasteiger charge is -2.29. The third-order valence-electron chi connectivity index (χ3n) is 5.83. The highest BCUT2D eigenvalue weighted by Crippen LogP contribution is 2.41. The molecular formula is C23H26N2O4S. The summed E-state index contributed by atoms with van der Waals surface area (Å²) in [4.78, 5) is 38.0. The first-order chi connectivity index (χ1) is 14.1. The highest BCUT2D eigenvalue weighted by molar-refractivity contribution is 7.17.